The number of nitrogens with one attached hydrogen (secondary N) is 2. The fourth-order valence-electron chi connectivity index (χ4n) is 3.23. The lowest BCUT2D eigenvalue weighted by atomic mass is 9.96. The molecule has 128 valence electrons. The summed E-state index contributed by atoms with van der Waals surface area (Å²) in [6, 6.07) is 4.98. The fourth-order valence-corrected chi connectivity index (χ4v) is 3.23. The van der Waals surface area contributed by atoms with E-state index in [-0.39, 0.29) is 23.9 Å². The second-order valence-electron chi connectivity index (χ2n) is 6.15. The molecule has 2 amide bonds. The number of carbonyl (C=O) groups is 2. The van der Waals surface area contributed by atoms with Crippen LogP contribution in [0.4, 0.5) is 0 Å². The standard InChI is InChI=1S/C17H18N6O2/c1-22-9-7-18-16(22)15-12(5-6-14(24)21-15)20-17(25)11-10-19-23-8-3-2-4-13(11)23/h2-4,7-10,12,15H,5-6H2,1H3,(H,20,25)(H,21,24)/t12-,15-/m1/s1. The van der Waals surface area contributed by atoms with Crippen LogP contribution in [0.5, 0.6) is 0 Å². The summed E-state index contributed by atoms with van der Waals surface area (Å²) in [7, 11) is 1.87. The molecular formula is C17H18N6O2. The third kappa shape index (κ3) is 2.75. The highest BCUT2D eigenvalue weighted by Gasteiger charge is 2.33. The summed E-state index contributed by atoms with van der Waals surface area (Å²) < 4.78 is 3.51. The first kappa shape index (κ1) is 15.4. The molecule has 2 atom stereocenters. The lowest BCUT2D eigenvalue weighted by Gasteiger charge is -2.32. The van der Waals surface area contributed by atoms with E-state index in [9.17, 15) is 9.59 Å². The minimum atomic E-state index is -0.355. The van der Waals surface area contributed by atoms with Gasteiger partial charge in [0.25, 0.3) is 5.91 Å². The number of hydrogen-bond acceptors (Lipinski definition) is 4. The first-order valence-corrected chi connectivity index (χ1v) is 8.13. The Morgan fingerprint density at radius 3 is 3.04 bits per heavy atom. The molecule has 0 aliphatic carbocycles. The lowest BCUT2D eigenvalue weighted by molar-refractivity contribution is -0.124. The van der Waals surface area contributed by atoms with Gasteiger partial charge in [0, 0.05) is 32.1 Å². The van der Waals surface area contributed by atoms with Crippen molar-refractivity contribution in [3.05, 3.63) is 54.4 Å². The van der Waals surface area contributed by atoms with Crippen LogP contribution in [0.15, 0.2) is 43.0 Å². The molecule has 1 aliphatic heterocycles. The number of fused-ring (bicyclic) bond motifs is 1. The molecule has 0 bridgehead atoms. The average Bonchev–Trinajstić information content (AvgIpc) is 3.22. The molecular weight excluding hydrogens is 320 g/mol. The number of carbonyl (C=O) groups excluding carboxylic acids is 2. The van der Waals surface area contributed by atoms with Crippen LogP contribution in [0.1, 0.15) is 35.1 Å². The first-order chi connectivity index (χ1) is 12.1. The Kier molecular flexibility index (Phi) is 3.72. The summed E-state index contributed by atoms with van der Waals surface area (Å²) in [6.07, 6.45) is 7.79. The molecule has 2 N–H and O–H groups in total. The normalized spacial score (nSPS) is 20.4. The summed E-state index contributed by atoms with van der Waals surface area (Å²) >= 11 is 0. The van der Waals surface area contributed by atoms with Gasteiger partial charge in [0.1, 0.15) is 11.9 Å². The molecule has 25 heavy (non-hydrogen) atoms. The third-order valence-corrected chi connectivity index (χ3v) is 4.53. The van der Waals surface area contributed by atoms with E-state index in [1.807, 2.05) is 36.0 Å². The van der Waals surface area contributed by atoms with Gasteiger partial charge >= 0.3 is 0 Å². The molecule has 0 aromatic carbocycles. The SMILES string of the molecule is Cn1ccnc1[C@@H]1NC(=O)CC[C@H]1NC(=O)c1cnn2ccccc12. The van der Waals surface area contributed by atoms with Crippen LogP contribution in [0.2, 0.25) is 0 Å². The summed E-state index contributed by atoms with van der Waals surface area (Å²) in [5.74, 6) is 0.481. The van der Waals surface area contributed by atoms with Crippen LogP contribution >= 0.6 is 0 Å². The van der Waals surface area contributed by atoms with Crippen LogP contribution in [-0.2, 0) is 11.8 Å². The van der Waals surface area contributed by atoms with Crippen molar-refractivity contribution in [2.75, 3.05) is 0 Å². The van der Waals surface area contributed by atoms with Gasteiger partial charge in [-0.05, 0) is 18.6 Å². The van der Waals surface area contributed by atoms with Crippen LogP contribution in [-0.4, -0.2) is 37.0 Å². The van der Waals surface area contributed by atoms with Crippen molar-refractivity contribution >= 4 is 17.3 Å². The maximum atomic E-state index is 12.8. The number of pyridine rings is 1. The second kappa shape index (κ2) is 6.04. The van der Waals surface area contributed by atoms with Crippen LogP contribution in [0.25, 0.3) is 5.52 Å². The molecule has 1 fully saturated rings. The highest BCUT2D eigenvalue weighted by atomic mass is 16.2. The van der Waals surface area contributed by atoms with Crippen LogP contribution < -0.4 is 10.6 Å². The van der Waals surface area contributed by atoms with Gasteiger partial charge in [-0.3, -0.25) is 9.59 Å². The van der Waals surface area contributed by atoms with Gasteiger partial charge in [0.15, 0.2) is 0 Å². The molecule has 0 spiro atoms. The van der Waals surface area contributed by atoms with E-state index in [1.54, 1.807) is 23.1 Å². The highest BCUT2D eigenvalue weighted by molar-refractivity contribution is 6.00. The average molecular weight is 338 g/mol. The van der Waals surface area contributed by atoms with E-state index >= 15 is 0 Å². The van der Waals surface area contributed by atoms with Gasteiger partial charge in [-0.15, -0.1) is 0 Å². The topological polar surface area (TPSA) is 93.3 Å². The Bertz CT molecular complexity index is 943. The maximum absolute atomic E-state index is 12.8. The zero-order chi connectivity index (χ0) is 17.4. The number of amides is 2. The molecule has 0 saturated carbocycles. The number of hydrogen-bond donors (Lipinski definition) is 2. The van der Waals surface area contributed by atoms with E-state index in [4.69, 9.17) is 0 Å². The highest BCUT2D eigenvalue weighted by Crippen LogP contribution is 2.23. The predicted octanol–water partition coefficient (Wildman–Crippen LogP) is 0.817. The molecule has 1 aliphatic rings. The van der Waals surface area contributed by atoms with E-state index in [0.717, 1.165) is 11.3 Å². The third-order valence-electron chi connectivity index (χ3n) is 4.53. The van der Waals surface area contributed by atoms with Crippen LogP contribution in [0.3, 0.4) is 0 Å². The van der Waals surface area contributed by atoms with Gasteiger partial charge in [-0.25, -0.2) is 9.50 Å². The molecule has 8 heteroatoms. The fraction of sp³-hybridized carbons (Fsp3) is 0.294. The Balaban J connectivity index is 1.60. The van der Waals surface area contributed by atoms with Gasteiger partial charge in [-0.2, -0.15) is 5.10 Å². The monoisotopic (exact) mass is 338 g/mol. The zero-order valence-electron chi connectivity index (χ0n) is 13.7. The predicted molar refractivity (Wildman–Crippen MR) is 89.8 cm³/mol. The second-order valence-corrected chi connectivity index (χ2v) is 6.15. The Hall–Kier alpha value is -3.16. The van der Waals surface area contributed by atoms with Crippen molar-refractivity contribution in [2.45, 2.75) is 24.9 Å². The van der Waals surface area contributed by atoms with Crippen molar-refractivity contribution < 1.29 is 9.59 Å². The van der Waals surface area contributed by atoms with Gasteiger partial charge < -0.3 is 15.2 Å². The maximum Gasteiger partial charge on any atom is 0.255 e. The van der Waals surface area contributed by atoms with Gasteiger partial charge in [0.2, 0.25) is 5.91 Å². The Labute approximate surface area is 143 Å². The van der Waals surface area contributed by atoms with Crippen molar-refractivity contribution in [3.8, 4) is 0 Å². The molecule has 3 aromatic heterocycles. The van der Waals surface area contributed by atoms with Gasteiger partial charge in [-0.1, -0.05) is 6.07 Å². The van der Waals surface area contributed by atoms with Crippen molar-refractivity contribution in [1.82, 2.24) is 29.8 Å². The molecule has 4 rings (SSSR count). The molecule has 1 saturated heterocycles. The molecule has 0 radical (unpaired) electrons. The summed E-state index contributed by atoms with van der Waals surface area (Å²) in [5.41, 5.74) is 1.25. The molecule has 0 unspecified atom stereocenters. The summed E-state index contributed by atoms with van der Waals surface area (Å²) in [4.78, 5) is 28.9. The summed E-state index contributed by atoms with van der Waals surface area (Å²) in [5, 5.41) is 10.2. The largest absolute Gasteiger partial charge is 0.347 e. The van der Waals surface area contributed by atoms with Crippen molar-refractivity contribution in [3.63, 3.8) is 0 Å². The van der Waals surface area contributed by atoms with Crippen molar-refractivity contribution in [1.29, 1.82) is 0 Å². The minimum absolute atomic E-state index is 0.0329. The number of imidazole rings is 1. The molecule has 3 aromatic rings. The van der Waals surface area contributed by atoms with E-state index < -0.39 is 0 Å². The number of nitrogens with zero attached hydrogens (tertiary/aromatic N) is 4. The Morgan fingerprint density at radius 1 is 1.36 bits per heavy atom. The number of piperidine rings is 1. The minimum Gasteiger partial charge on any atom is -0.347 e. The smallest absolute Gasteiger partial charge is 0.255 e. The van der Waals surface area contributed by atoms with Crippen LogP contribution in [0, 0.1) is 0 Å². The Morgan fingerprint density at radius 2 is 2.24 bits per heavy atom. The number of aryl methyl sites for hydroxylation is 1. The number of aromatic nitrogens is 4. The van der Waals surface area contributed by atoms with E-state index in [1.165, 1.54) is 0 Å². The quantitative estimate of drug-likeness (QED) is 0.739. The number of rotatable bonds is 3. The molecule has 8 nitrogen and oxygen atoms in total. The summed E-state index contributed by atoms with van der Waals surface area (Å²) in [6.45, 7) is 0. The van der Waals surface area contributed by atoms with E-state index in [0.29, 0.717) is 18.4 Å². The van der Waals surface area contributed by atoms with Gasteiger partial charge in [0.05, 0.1) is 23.3 Å². The van der Waals surface area contributed by atoms with E-state index in [2.05, 4.69) is 20.7 Å². The zero-order valence-corrected chi connectivity index (χ0v) is 13.7. The molecule has 4 heterocycles. The lowest BCUT2D eigenvalue weighted by Crippen LogP contribution is -2.50. The first-order valence-electron chi connectivity index (χ1n) is 8.13. The van der Waals surface area contributed by atoms with Crippen molar-refractivity contribution in [2.24, 2.45) is 7.05 Å².